The minimum atomic E-state index is -2.89. The SMILES string of the molecule is CC1CCCCN1c1ccc(C(=O)O)cc1[N+](=O)[O-].O=C(O)c1ccc(N2CCCC(F)(F)C2)c([N+](=O)[O-])c1. The number of hydrogen-bond donors (Lipinski definition) is 2. The van der Waals surface area contributed by atoms with E-state index in [0.29, 0.717) is 5.69 Å². The molecule has 14 heteroatoms. The molecule has 12 nitrogen and oxygen atoms in total. The number of nitro benzene ring substituents is 2. The molecule has 4 rings (SSSR count). The van der Waals surface area contributed by atoms with E-state index in [-0.39, 0.29) is 47.9 Å². The molecule has 2 saturated heterocycles. The van der Waals surface area contributed by atoms with Crippen molar-refractivity contribution in [3.63, 3.8) is 0 Å². The predicted molar refractivity (Wildman–Crippen MR) is 137 cm³/mol. The van der Waals surface area contributed by atoms with Crippen LogP contribution < -0.4 is 9.80 Å². The van der Waals surface area contributed by atoms with Gasteiger partial charge in [-0.2, -0.15) is 0 Å². The molecule has 210 valence electrons. The maximum Gasteiger partial charge on any atom is 0.335 e. The van der Waals surface area contributed by atoms with E-state index < -0.39 is 39.9 Å². The number of rotatable bonds is 6. The number of carboxylic acids is 2. The lowest BCUT2D eigenvalue weighted by molar-refractivity contribution is -0.384. The van der Waals surface area contributed by atoms with Gasteiger partial charge in [0.05, 0.1) is 27.5 Å². The van der Waals surface area contributed by atoms with Crippen molar-refractivity contribution in [1.82, 2.24) is 0 Å². The predicted octanol–water partition coefficient (Wildman–Crippen LogP) is 5.20. The number of carbonyl (C=O) groups is 2. The van der Waals surface area contributed by atoms with Gasteiger partial charge >= 0.3 is 11.9 Å². The van der Waals surface area contributed by atoms with Crippen molar-refractivity contribution in [2.24, 2.45) is 0 Å². The number of aromatic carboxylic acids is 2. The number of halogens is 2. The lowest BCUT2D eigenvalue weighted by atomic mass is 10.0. The van der Waals surface area contributed by atoms with Gasteiger partial charge in [0.25, 0.3) is 17.3 Å². The summed E-state index contributed by atoms with van der Waals surface area (Å²) in [7, 11) is 0. The molecule has 0 aliphatic carbocycles. The van der Waals surface area contributed by atoms with Crippen LogP contribution in [0, 0.1) is 20.2 Å². The first-order valence-electron chi connectivity index (χ1n) is 12.2. The molecule has 2 aliphatic heterocycles. The Labute approximate surface area is 221 Å². The van der Waals surface area contributed by atoms with Crippen molar-refractivity contribution < 1.29 is 38.4 Å². The number of carboxylic acid groups (broad SMARTS) is 2. The summed E-state index contributed by atoms with van der Waals surface area (Å²) in [6.07, 6.45) is 3.11. The van der Waals surface area contributed by atoms with E-state index in [1.165, 1.54) is 23.1 Å². The quantitative estimate of drug-likeness (QED) is 0.360. The summed E-state index contributed by atoms with van der Waals surface area (Å²) in [5.74, 6) is -5.35. The first-order valence-corrected chi connectivity index (χ1v) is 12.2. The number of hydrogen-bond acceptors (Lipinski definition) is 8. The molecule has 2 aliphatic rings. The summed E-state index contributed by atoms with van der Waals surface area (Å²) >= 11 is 0. The first kappa shape index (κ1) is 29.2. The molecule has 0 bridgehead atoms. The maximum absolute atomic E-state index is 13.4. The minimum absolute atomic E-state index is 0.0272. The molecule has 0 aromatic heterocycles. The molecule has 2 aromatic carbocycles. The smallest absolute Gasteiger partial charge is 0.335 e. The fourth-order valence-electron chi connectivity index (χ4n) is 4.74. The number of nitro groups is 2. The van der Waals surface area contributed by atoms with E-state index >= 15 is 0 Å². The molecule has 2 heterocycles. The lowest BCUT2D eigenvalue weighted by Crippen LogP contribution is -2.42. The van der Waals surface area contributed by atoms with Gasteiger partial charge in [0.1, 0.15) is 11.4 Å². The topological polar surface area (TPSA) is 167 Å². The van der Waals surface area contributed by atoms with E-state index in [2.05, 4.69) is 0 Å². The van der Waals surface area contributed by atoms with Gasteiger partial charge < -0.3 is 20.0 Å². The van der Waals surface area contributed by atoms with Crippen molar-refractivity contribution in [3.8, 4) is 0 Å². The summed E-state index contributed by atoms with van der Waals surface area (Å²) in [4.78, 5) is 45.8. The van der Waals surface area contributed by atoms with Crippen LogP contribution in [-0.2, 0) is 0 Å². The molecular weight excluding hydrogens is 522 g/mol. The highest BCUT2D eigenvalue weighted by atomic mass is 19.3. The number of nitrogens with zero attached hydrogens (tertiary/aromatic N) is 4. The van der Waals surface area contributed by atoms with Crippen LogP contribution in [-0.4, -0.2) is 63.6 Å². The van der Waals surface area contributed by atoms with Gasteiger partial charge in [-0.25, -0.2) is 18.4 Å². The van der Waals surface area contributed by atoms with Crippen molar-refractivity contribution >= 4 is 34.7 Å². The van der Waals surface area contributed by atoms with Crippen molar-refractivity contribution in [1.29, 1.82) is 0 Å². The molecule has 0 spiro atoms. The normalized spacial score (nSPS) is 18.5. The molecule has 2 aromatic rings. The highest BCUT2D eigenvalue weighted by molar-refractivity contribution is 5.90. The standard InChI is InChI=1S/C13H16N2O4.C12H12F2N2O4/c1-9-4-2-3-7-14(9)11-6-5-10(13(16)17)8-12(11)15(18)19;13-12(14)4-1-5-15(7-12)9-3-2-8(11(17)18)6-10(9)16(19)20/h5-6,8-9H,2-4,7H2,1H3,(H,16,17);2-3,6H,1,4-5,7H2,(H,17,18). The van der Waals surface area contributed by atoms with Crippen LogP contribution >= 0.6 is 0 Å². The molecule has 0 amide bonds. The second-order valence-electron chi connectivity index (χ2n) is 9.45. The van der Waals surface area contributed by atoms with Crippen LogP contribution in [0.1, 0.15) is 59.7 Å². The molecule has 2 N–H and O–H groups in total. The molecule has 1 atom stereocenters. The van der Waals surface area contributed by atoms with Crippen LogP contribution in [0.3, 0.4) is 0 Å². The van der Waals surface area contributed by atoms with Crippen molar-refractivity contribution in [2.45, 2.75) is 51.0 Å². The van der Waals surface area contributed by atoms with Crippen molar-refractivity contribution in [2.75, 3.05) is 29.4 Å². The average Bonchev–Trinajstić information content (AvgIpc) is 2.88. The molecule has 39 heavy (non-hydrogen) atoms. The Morgan fingerprint density at radius 1 is 0.897 bits per heavy atom. The van der Waals surface area contributed by atoms with Gasteiger partial charge in [-0.3, -0.25) is 20.2 Å². The zero-order chi connectivity index (χ0) is 28.9. The monoisotopic (exact) mass is 550 g/mol. The molecular formula is C25H28F2N4O8. The summed E-state index contributed by atoms with van der Waals surface area (Å²) in [6, 6.07) is 7.63. The van der Waals surface area contributed by atoms with E-state index in [0.717, 1.165) is 37.9 Å². The van der Waals surface area contributed by atoms with Crippen LogP contribution in [0.5, 0.6) is 0 Å². The molecule has 1 unspecified atom stereocenters. The van der Waals surface area contributed by atoms with Gasteiger partial charge in [0, 0.05) is 37.7 Å². The third-order valence-corrected chi connectivity index (χ3v) is 6.68. The number of benzene rings is 2. The van der Waals surface area contributed by atoms with E-state index in [1.807, 2.05) is 11.8 Å². The largest absolute Gasteiger partial charge is 0.478 e. The van der Waals surface area contributed by atoms with Gasteiger partial charge in [-0.1, -0.05) is 0 Å². The number of piperidine rings is 2. The summed E-state index contributed by atoms with van der Waals surface area (Å²) < 4.78 is 26.7. The fourth-order valence-corrected chi connectivity index (χ4v) is 4.74. The Morgan fingerprint density at radius 3 is 1.92 bits per heavy atom. The summed E-state index contributed by atoms with van der Waals surface area (Å²) in [5.41, 5.74) is -0.359. The molecule has 0 saturated carbocycles. The molecule has 2 fully saturated rings. The fraction of sp³-hybridized carbons (Fsp3) is 0.440. The third kappa shape index (κ3) is 7.15. The van der Waals surface area contributed by atoms with Crippen LogP contribution in [0.4, 0.5) is 31.5 Å². The van der Waals surface area contributed by atoms with Crippen LogP contribution in [0.2, 0.25) is 0 Å². The Kier molecular flexibility index (Phi) is 8.99. The summed E-state index contributed by atoms with van der Waals surface area (Å²) in [6.45, 7) is 2.49. The number of alkyl halides is 2. The minimum Gasteiger partial charge on any atom is -0.478 e. The zero-order valence-electron chi connectivity index (χ0n) is 21.1. The third-order valence-electron chi connectivity index (χ3n) is 6.68. The van der Waals surface area contributed by atoms with Gasteiger partial charge in [0.2, 0.25) is 0 Å². The van der Waals surface area contributed by atoms with Gasteiger partial charge in [0.15, 0.2) is 0 Å². The summed E-state index contributed by atoms with van der Waals surface area (Å²) in [5, 5.41) is 39.9. The zero-order valence-corrected chi connectivity index (χ0v) is 21.1. The first-order chi connectivity index (χ1) is 18.3. The highest BCUT2D eigenvalue weighted by Crippen LogP contribution is 2.36. The van der Waals surface area contributed by atoms with E-state index in [4.69, 9.17) is 10.2 Å². The maximum atomic E-state index is 13.4. The Bertz CT molecular complexity index is 1270. The Balaban J connectivity index is 0.000000216. The molecule has 0 radical (unpaired) electrons. The van der Waals surface area contributed by atoms with E-state index in [1.54, 1.807) is 6.07 Å². The number of anilines is 2. The van der Waals surface area contributed by atoms with E-state index in [9.17, 15) is 38.6 Å². The van der Waals surface area contributed by atoms with Crippen molar-refractivity contribution in [3.05, 3.63) is 67.8 Å². The van der Waals surface area contributed by atoms with Crippen LogP contribution in [0.15, 0.2) is 36.4 Å². The van der Waals surface area contributed by atoms with Gasteiger partial charge in [-0.05, 0) is 56.9 Å². The Morgan fingerprint density at radius 2 is 1.44 bits per heavy atom. The highest BCUT2D eigenvalue weighted by Gasteiger charge is 2.37. The van der Waals surface area contributed by atoms with Crippen LogP contribution in [0.25, 0.3) is 0 Å². The second-order valence-corrected chi connectivity index (χ2v) is 9.45. The second kappa shape index (κ2) is 12.0. The lowest BCUT2D eigenvalue weighted by Gasteiger charge is -2.35. The Hall–Kier alpha value is -4.36. The average molecular weight is 551 g/mol. The van der Waals surface area contributed by atoms with Gasteiger partial charge in [-0.15, -0.1) is 0 Å².